The predicted molar refractivity (Wildman–Crippen MR) is 104 cm³/mol. The maximum Gasteiger partial charge on any atom is 0.373 e. The minimum atomic E-state index is -1.20. The summed E-state index contributed by atoms with van der Waals surface area (Å²) >= 11 is 0. The Kier molecular flexibility index (Phi) is 5.63. The first-order chi connectivity index (χ1) is 14.7. The summed E-state index contributed by atoms with van der Waals surface area (Å²) in [7, 11) is 1.23. The quantitative estimate of drug-likeness (QED) is 0.282. The number of rotatable bonds is 4. The Morgan fingerprint density at radius 3 is 1.71 bits per heavy atom. The Morgan fingerprint density at radius 1 is 0.839 bits per heavy atom. The van der Waals surface area contributed by atoms with Crippen LogP contribution in [0.2, 0.25) is 0 Å². The number of aromatic carboxylic acids is 1. The number of carboxylic acid groups (broad SMARTS) is 1. The van der Waals surface area contributed by atoms with Crippen molar-refractivity contribution in [2.45, 2.75) is 0 Å². The third-order valence-electron chi connectivity index (χ3n) is 4.02. The Bertz CT molecular complexity index is 1320. The van der Waals surface area contributed by atoms with E-state index in [-0.39, 0.29) is 22.9 Å². The first kappa shape index (κ1) is 21.0. The van der Waals surface area contributed by atoms with Crippen LogP contribution >= 0.6 is 0 Å². The standard InChI is InChI=1S/C10H7NO5.C9H5NO5/c1-15-10(12)9-5-6-4-7(11(13)14)2-3-8(6)16-9;11-9(12)8-4-5-3-6(10(13)14)1-2-7(5)15-8/h2-5H,1H3;1-4H,(H,11,12). The molecule has 12 nitrogen and oxygen atoms in total. The Morgan fingerprint density at radius 2 is 1.29 bits per heavy atom. The number of hydrogen-bond donors (Lipinski definition) is 1. The maximum absolute atomic E-state index is 11.2. The maximum atomic E-state index is 11.2. The Hall–Kier alpha value is -4.74. The van der Waals surface area contributed by atoms with E-state index in [1.807, 2.05) is 0 Å². The number of furan rings is 2. The summed E-state index contributed by atoms with van der Waals surface area (Å²) in [6.45, 7) is 0. The second kappa shape index (κ2) is 8.32. The fourth-order valence-electron chi connectivity index (χ4n) is 2.60. The van der Waals surface area contributed by atoms with Crippen LogP contribution in [-0.2, 0) is 4.74 Å². The van der Waals surface area contributed by atoms with E-state index in [1.54, 1.807) is 0 Å². The van der Waals surface area contributed by atoms with Crippen molar-refractivity contribution < 1.29 is 38.1 Å². The van der Waals surface area contributed by atoms with Gasteiger partial charge in [0.15, 0.2) is 0 Å². The molecule has 0 aliphatic rings. The minimum absolute atomic E-state index is 0.0259. The number of nitrogens with zero attached hydrogens (tertiary/aromatic N) is 2. The summed E-state index contributed by atoms with van der Waals surface area (Å²) in [6.07, 6.45) is 0. The van der Waals surface area contributed by atoms with Crippen LogP contribution in [0.25, 0.3) is 21.9 Å². The summed E-state index contributed by atoms with van der Waals surface area (Å²) < 4.78 is 14.6. The lowest BCUT2D eigenvalue weighted by atomic mass is 10.2. The minimum Gasteiger partial charge on any atom is -0.475 e. The number of hydrogen-bond acceptors (Lipinski definition) is 9. The molecule has 2 aromatic carbocycles. The van der Waals surface area contributed by atoms with E-state index in [1.165, 1.54) is 55.6 Å². The molecule has 0 aliphatic heterocycles. The Labute approximate surface area is 171 Å². The molecule has 0 aliphatic carbocycles. The number of benzene rings is 2. The van der Waals surface area contributed by atoms with Crippen molar-refractivity contribution >= 4 is 45.3 Å². The molecule has 0 radical (unpaired) electrons. The largest absolute Gasteiger partial charge is 0.475 e. The van der Waals surface area contributed by atoms with Crippen molar-refractivity contribution in [1.29, 1.82) is 0 Å². The van der Waals surface area contributed by atoms with Crippen LogP contribution in [0.4, 0.5) is 11.4 Å². The van der Waals surface area contributed by atoms with Gasteiger partial charge in [-0.3, -0.25) is 20.2 Å². The lowest BCUT2D eigenvalue weighted by Crippen LogP contribution is -1.97. The molecular formula is C19H12N2O10. The SMILES string of the molecule is COC(=O)c1cc2cc([N+](=O)[O-])ccc2o1.O=C(O)c1cc2cc([N+](=O)[O-])ccc2o1. The van der Waals surface area contributed by atoms with Crippen molar-refractivity contribution in [3.05, 3.63) is 80.3 Å². The monoisotopic (exact) mass is 428 g/mol. The first-order valence-corrected chi connectivity index (χ1v) is 8.37. The molecule has 0 fully saturated rings. The lowest BCUT2D eigenvalue weighted by molar-refractivity contribution is -0.384. The van der Waals surface area contributed by atoms with Gasteiger partial charge in [-0.2, -0.15) is 0 Å². The van der Waals surface area contributed by atoms with Gasteiger partial charge in [-0.1, -0.05) is 0 Å². The van der Waals surface area contributed by atoms with Gasteiger partial charge in [-0.15, -0.1) is 0 Å². The van der Waals surface area contributed by atoms with E-state index in [4.69, 9.17) is 13.9 Å². The van der Waals surface area contributed by atoms with Gasteiger partial charge < -0.3 is 18.7 Å². The van der Waals surface area contributed by atoms with Crippen LogP contribution in [-0.4, -0.2) is 34.0 Å². The lowest BCUT2D eigenvalue weighted by Gasteiger charge is -1.90. The molecule has 158 valence electrons. The molecule has 2 heterocycles. The average Bonchev–Trinajstić information content (AvgIpc) is 3.36. The summed E-state index contributed by atoms with van der Waals surface area (Å²) in [5, 5.41) is 30.5. The first-order valence-electron chi connectivity index (χ1n) is 8.37. The molecule has 0 amide bonds. The van der Waals surface area contributed by atoms with Gasteiger partial charge in [0.25, 0.3) is 11.4 Å². The normalized spacial score (nSPS) is 10.4. The van der Waals surface area contributed by atoms with Gasteiger partial charge in [0.2, 0.25) is 11.5 Å². The van der Waals surface area contributed by atoms with Crippen molar-refractivity contribution in [3.8, 4) is 0 Å². The van der Waals surface area contributed by atoms with Crippen molar-refractivity contribution in [1.82, 2.24) is 0 Å². The molecule has 12 heteroatoms. The molecular weight excluding hydrogens is 416 g/mol. The number of carbonyl (C=O) groups excluding carboxylic acids is 1. The fourth-order valence-corrected chi connectivity index (χ4v) is 2.60. The molecule has 0 bridgehead atoms. The van der Waals surface area contributed by atoms with E-state index >= 15 is 0 Å². The zero-order valence-corrected chi connectivity index (χ0v) is 15.6. The van der Waals surface area contributed by atoms with E-state index in [2.05, 4.69) is 4.74 Å². The van der Waals surface area contributed by atoms with E-state index in [0.717, 1.165) is 0 Å². The van der Waals surface area contributed by atoms with Gasteiger partial charge in [-0.05, 0) is 24.3 Å². The number of carbonyl (C=O) groups is 2. The molecule has 31 heavy (non-hydrogen) atoms. The van der Waals surface area contributed by atoms with E-state index in [9.17, 15) is 29.8 Å². The van der Waals surface area contributed by atoms with E-state index in [0.29, 0.717) is 21.9 Å². The second-order valence-electron chi connectivity index (χ2n) is 5.98. The highest BCUT2D eigenvalue weighted by Gasteiger charge is 2.15. The number of ether oxygens (including phenoxy) is 1. The number of nitro benzene ring substituents is 2. The zero-order chi connectivity index (χ0) is 22.7. The van der Waals surface area contributed by atoms with Crippen LogP contribution in [0.5, 0.6) is 0 Å². The fraction of sp³-hybridized carbons (Fsp3) is 0.0526. The number of carboxylic acids is 1. The third-order valence-corrected chi connectivity index (χ3v) is 4.02. The second-order valence-corrected chi connectivity index (χ2v) is 5.98. The third kappa shape index (κ3) is 4.48. The zero-order valence-electron chi connectivity index (χ0n) is 15.6. The molecule has 2 aromatic heterocycles. The van der Waals surface area contributed by atoms with Crippen molar-refractivity contribution in [2.24, 2.45) is 0 Å². The summed E-state index contributed by atoms with van der Waals surface area (Å²) in [5.41, 5.74) is 0.578. The van der Waals surface area contributed by atoms with Gasteiger partial charge in [0, 0.05) is 35.0 Å². The van der Waals surface area contributed by atoms with Gasteiger partial charge >= 0.3 is 11.9 Å². The van der Waals surface area contributed by atoms with Gasteiger partial charge in [0.05, 0.1) is 17.0 Å². The summed E-state index contributed by atoms with van der Waals surface area (Å²) in [5.74, 6) is -2.02. The smallest absolute Gasteiger partial charge is 0.373 e. The predicted octanol–water partition coefficient (Wildman–Crippen LogP) is 4.17. The highest BCUT2D eigenvalue weighted by atomic mass is 16.6. The number of methoxy groups -OCH3 is 1. The number of non-ortho nitro benzene ring substituents is 2. The molecule has 0 spiro atoms. The number of esters is 1. The van der Waals surface area contributed by atoms with E-state index < -0.39 is 21.8 Å². The van der Waals surface area contributed by atoms with Crippen LogP contribution in [0, 0.1) is 20.2 Å². The summed E-state index contributed by atoms with van der Waals surface area (Å²) in [4.78, 5) is 41.6. The number of nitro groups is 2. The molecule has 0 saturated carbocycles. The Balaban J connectivity index is 0.000000176. The molecule has 0 atom stereocenters. The van der Waals surface area contributed by atoms with Crippen LogP contribution in [0.1, 0.15) is 21.1 Å². The molecule has 0 unspecified atom stereocenters. The van der Waals surface area contributed by atoms with Crippen molar-refractivity contribution in [2.75, 3.05) is 7.11 Å². The molecule has 4 rings (SSSR count). The molecule has 0 saturated heterocycles. The highest BCUT2D eigenvalue weighted by Crippen LogP contribution is 2.25. The van der Waals surface area contributed by atoms with Crippen LogP contribution < -0.4 is 0 Å². The van der Waals surface area contributed by atoms with Gasteiger partial charge in [-0.25, -0.2) is 9.59 Å². The van der Waals surface area contributed by atoms with Gasteiger partial charge in [0.1, 0.15) is 11.2 Å². The average molecular weight is 428 g/mol. The topological polar surface area (TPSA) is 176 Å². The molecule has 1 N–H and O–H groups in total. The van der Waals surface area contributed by atoms with Crippen LogP contribution in [0.15, 0.2) is 57.4 Å². The molecule has 4 aromatic rings. The summed E-state index contributed by atoms with van der Waals surface area (Å²) in [6, 6.07) is 10.7. The highest BCUT2D eigenvalue weighted by molar-refractivity contribution is 5.93. The van der Waals surface area contributed by atoms with Crippen LogP contribution in [0.3, 0.4) is 0 Å². The van der Waals surface area contributed by atoms with Crippen molar-refractivity contribution in [3.63, 3.8) is 0 Å². The number of fused-ring (bicyclic) bond motifs is 2.